The van der Waals surface area contributed by atoms with Crippen molar-refractivity contribution < 1.29 is 17.6 Å². The number of para-hydroxylation sites is 1. The Bertz CT molecular complexity index is 1270. The molecule has 0 spiro atoms. The number of carbonyl (C=O) groups is 1. The van der Waals surface area contributed by atoms with E-state index >= 15 is 0 Å². The third-order valence-corrected chi connectivity index (χ3v) is 7.35. The second kappa shape index (κ2) is 7.23. The molecular formula is C20H21N3O5S. The van der Waals surface area contributed by atoms with Crippen LogP contribution in [0.5, 0.6) is 0 Å². The SMILES string of the molecule is Cc1nn(C(=O)c2cc3ccccc3oc2=O)c(C)c1S(=O)(=O)N1CCCCC1. The van der Waals surface area contributed by atoms with Crippen molar-refractivity contribution in [3.05, 3.63) is 57.7 Å². The van der Waals surface area contributed by atoms with Gasteiger partial charge in [0.15, 0.2) is 0 Å². The third kappa shape index (κ3) is 3.30. The first-order valence-corrected chi connectivity index (χ1v) is 10.9. The van der Waals surface area contributed by atoms with Gasteiger partial charge >= 0.3 is 5.63 Å². The van der Waals surface area contributed by atoms with Crippen LogP contribution >= 0.6 is 0 Å². The van der Waals surface area contributed by atoms with Gasteiger partial charge in [-0.15, -0.1) is 0 Å². The van der Waals surface area contributed by atoms with Gasteiger partial charge in [-0.1, -0.05) is 24.6 Å². The molecule has 1 fully saturated rings. The van der Waals surface area contributed by atoms with Gasteiger partial charge in [0, 0.05) is 18.5 Å². The Balaban J connectivity index is 1.79. The second-order valence-electron chi connectivity index (χ2n) is 7.17. The first-order chi connectivity index (χ1) is 13.8. The van der Waals surface area contributed by atoms with Crippen LogP contribution in [0, 0.1) is 13.8 Å². The van der Waals surface area contributed by atoms with E-state index in [1.807, 2.05) is 0 Å². The van der Waals surface area contributed by atoms with Crippen LogP contribution in [0.4, 0.5) is 0 Å². The average molecular weight is 415 g/mol. The topological polar surface area (TPSA) is 102 Å². The monoisotopic (exact) mass is 415 g/mol. The first-order valence-electron chi connectivity index (χ1n) is 9.44. The lowest BCUT2D eigenvalue weighted by atomic mass is 10.2. The van der Waals surface area contributed by atoms with Gasteiger partial charge in [-0.25, -0.2) is 13.2 Å². The summed E-state index contributed by atoms with van der Waals surface area (Å²) in [4.78, 5) is 25.4. The minimum absolute atomic E-state index is 0.0259. The number of piperidine rings is 1. The number of carbonyl (C=O) groups excluding carboxylic acids is 1. The molecule has 0 atom stereocenters. The highest BCUT2D eigenvalue weighted by Crippen LogP contribution is 2.26. The van der Waals surface area contributed by atoms with E-state index in [0.717, 1.165) is 23.9 Å². The van der Waals surface area contributed by atoms with Gasteiger partial charge in [0.2, 0.25) is 10.0 Å². The number of hydrogen-bond acceptors (Lipinski definition) is 6. The van der Waals surface area contributed by atoms with Crippen LogP contribution in [-0.2, 0) is 10.0 Å². The molecule has 0 amide bonds. The van der Waals surface area contributed by atoms with Gasteiger partial charge in [-0.2, -0.15) is 14.1 Å². The molecule has 1 aliphatic rings. The van der Waals surface area contributed by atoms with Crippen molar-refractivity contribution in [1.82, 2.24) is 14.1 Å². The van der Waals surface area contributed by atoms with Gasteiger partial charge in [-0.3, -0.25) is 4.79 Å². The molecule has 0 radical (unpaired) electrons. The van der Waals surface area contributed by atoms with Crippen LogP contribution in [0.1, 0.15) is 41.0 Å². The summed E-state index contributed by atoms with van der Waals surface area (Å²) in [6.07, 6.45) is 2.62. The Morgan fingerprint density at radius 1 is 1.10 bits per heavy atom. The van der Waals surface area contributed by atoms with Crippen molar-refractivity contribution in [2.75, 3.05) is 13.1 Å². The second-order valence-corrected chi connectivity index (χ2v) is 9.04. The molecule has 4 rings (SSSR count). The van der Waals surface area contributed by atoms with Gasteiger partial charge in [-0.05, 0) is 38.8 Å². The molecule has 1 saturated heterocycles. The average Bonchev–Trinajstić information content (AvgIpc) is 3.02. The fraction of sp³-hybridized carbons (Fsp3) is 0.350. The van der Waals surface area contributed by atoms with E-state index < -0.39 is 21.6 Å². The number of hydrogen-bond donors (Lipinski definition) is 0. The first kappa shape index (κ1) is 19.5. The predicted octanol–water partition coefficient (Wildman–Crippen LogP) is 2.47. The summed E-state index contributed by atoms with van der Waals surface area (Å²) in [7, 11) is -3.77. The summed E-state index contributed by atoms with van der Waals surface area (Å²) in [5, 5.41) is 4.75. The van der Waals surface area contributed by atoms with Crippen LogP contribution in [0.15, 0.2) is 44.4 Å². The Kier molecular flexibility index (Phi) is 4.87. The van der Waals surface area contributed by atoms with E-state index in [1.54, 1.807) is 31.2 Å². The van der Waals surface area contributed by atoms with Crippen LogP contribution in [-0.4, -0.2) is 41.5 Å². The zero-order chi connectivity index (χ0) is 20.8. The summed E-state index contributed by atoms with van der Waals surface area (Å²) in [5.41, 5.74) is -0.203. The van der Waals surface area contributed by atoms with Crippen LogP contribution in [0.3, 0.4) is 0 Å². The van der Waals surface area contributed by atoms with E-state index in [9.17, 15) is 18.0 Å². The van der Waals surface area contributed by atoms with E-state index in [-0.39, 0.29) is 21.8 Å². The maximum absolute atomic E-state index is 13.1. The predicted molar refractivity (Wildman–Crippen MR) is 107 cm³/mol. The van der Waals surface area contributed by atoms with E-state index in [2.05, 4.69) is 5.10 Å². The van der Waals surface area contributed by atoms with E-state index in [0.29, 0.717) is 24.1 Å². The number of aromatic nitrogens is 2. The van der Waals surface area contributed by atoms with Gasteiger partial charge < -0.3 is 4.42 Å². The molecule has 8 nitrogen and oxygen atoms in total. The molecule has 1 aliphatic heterocycles. The number of fused-ring (bicyclic) bond motifs is 1. The molecule has 0 aliphatic carbocycles. The van der Waals surface area contributed by atoms with Crippen LogP contribution < -0.4 is 5.63 Å². The molecule has 2 aromatic heterocycles. The lowest BCUT2D eigenvalue weighted by Gasteiger charge is -2.25. The summed E-state index contributed by atoms with van der Waals surface area (Å²) >= 11 is 0. The molecule has 0 saturated carbocycles. The van der Waals surface area contributed by atoms with Crippen molar-refractivity contribution in [3.63, 3.8) is 0 Å². The zero-order valence-corrected chi connectivity index (χ0v) is 17.0. The summed E-state index contributed by atoms with van der Waals surface area (Å²) in [6.45, 7) is 3.98. The number of sulfonamides is 1. The molecule has 29 heavy (non-hydrogen) atoms. The Labute approximate surface area is 167 Å². The molecule has 0 bridgehead atoms. The number of benzene rings is 1. The fourth-order valence-electron chi connectivity index (χ4n) is 3.76. The third-order valence-electron chi connectivity index (χ3n) is 5.20. The minimum atomic E-state index is -3.77. The largest absolute Gasteiger partial charge is 0.422 e. The van der Waals surface area contributed by atoms with Gasteiger partial charge in [0.25, 0.3) is 5.91 Å². The van der Waals surface area contributed by atoms with E-state index in [1.165, 1.54) is 17.3 Å². The van der Waals surface area contributed by atoms with E-state index in [4.69, 9.17) is 4.42 Å². The normalized spacial score (nSPS) is 15.7. The molecule has 1 aromatic carbocycles. The lowest BCUT2D eigenvalue weighted by molar-refractivity contribution is 0.0938. The van der Waals surface area contributed by atoms with Crippen molar-refractivity contribution in [1.29, 1.82) is 0 Å². The number of aryl methyl sites for hydroxylation is 1. The zero-order valence-electron chi connectivity index (χ0n) is 16.2. The lowest BCUT2D eigenvalue weighted by Crippen LogP contribution is -2.36. The van der Waals surface area contributed by atoms with Crippen molar-refractivity contribution in [2.45, 2.75) is 38.0 Å². The summed E-state index contributed by atoms with van der Waals surface area (Å²) < 4.78 is 33.9. The van der Waals surface area contributed by atoms with Crippen molar-refractivity contribution in [3.8, 4) is 0 Å². The Morgan fingerprint density at radius 2 is 1.79 bits per heavy atom. The Morgan fingerprint density at radius 3 is 2.52 bits per heavy atom. The maximum Gasteiger partial charge on any atom is 0.349 e. The van der Waals surface area contributed by atoms with Gasteiger partial charge in [0.1, 0.15) is 16.0 Å². The molecule has 3 heterocycles. The number of nitrogens with zero attached hydrogens (tertiary/aromatic N) is 3. The fourth-order valence-corrected chi connectivity index (χ4v) is 5.63. The smallest absolute Gasteiger partial charge is 0.349 e. The van der Waals surface area contributed by atoms with Crippen LogP contribution in [0.25, 0.3) is 11.0 Å². The highest BCUT2D eigenvalue weighted by atomic mass is 32.2. The molecule has 9 heteroatoms. The minimum Gasteiger partial charge on any atom is -0.422 e. The summed E-state index contributed by atoms with van der Waals surface area (Å²) in [5.74, 6) is -0.717. The summed E-state index contributed by atoms with van der Waals surface area (Å²) in [6, 6.07) is 8.30. The standard InChI is InChI=1S/C20H21N3O5S/c1-13-18(29(26,27)22-10-6-3-7-11-22)14(2)23(21-13)19(24)16-12-15-8-4-5-9-17(15)28-20(16)25/h4-5,8-9,12H,3,6-7,10-11H2,1-2H3. The van der Waals surface area contributed by atoms with Crippen molar-refractivity contribution in [2.24, 2.45) is 0 Å². The Hall–Kier alpha value is -2.78. The molecule has 0 unspecified atom stereocenters. The molecule has 3 aromatic rings. The molecular weight excluding hydrogens is 394 g/mol. The maximum atomic E-state index is 13.1. The molecule has 152 valence electrons. The highest BCUT2D eigenvalue weighted by molar-refractivity contribution is 7.89. The van der Waals surface area contributed by atoms with Crippen molar-refractivity contribution >= 4 is 26.9 Å². The van der Waals surface area contributed by atoms with Crippen LogP contribution in [0.2, 0.25) is 0 Å². The quantitative estimate of drug-likeness (QED) is 0.609. The van der Waals surface area contributed by atoms with Gasteiger partial charge in [0.05, 0.1) is 11.4 Å². The molecule has 0 N–H and O–H groups in total. The highest BCUT2D eigenvalue weighted by Gasteiger charge is 2.33. The number of rotatable bonds is 3.